The highest BCUT2D eigenvalue weighted by atomic mass is 19.1. The second-order valence-corrected chi connectivity index (χ2v) is 6.11. The number of anilines is 2. The largest absolute Gasteiger partial charge is 0.370 e. The molecule has 1 aromatic heterocycles. The van der Waals surface area contributed by atoms with E-state index in [1.165, 1.54) is 37.8 Å². The molecule has 1 aliphatic carbocycles. The van der Waals surface area contributed by atoms with E-state index in [1.807, 2.05) is 25.1 Å². The molecular formula is C18H23FN4. The molecule has 23 heavy (non-hydrogen) atoms. The van der Waals surface area contributed by atoms with Gasteiger partial charge in [-0.15, -0.1) is 0 Å². The number of hydrogen-bond acceptors (Lipinski definition) is 4. The molecule has 1 heterocycles. The first-order valence-electron chi connectivity index (χ1n) is 8.29. The number of aromatic nitrogens is 2. The van der Waals surface area contributed by atoms with Crippen molar-refractivity contribution in [3.8, 4) is 0 Å². The standard InChI is InChI=1S/C18H23FN4/c1-13-21-17(12-18(22-13)23-16-4-2-3-5-16)20-11-10-14-6-8-15(19)9-7-14/h6-9,12,16H,2-5,10-11H2,1H3,(H2,20,21,22,23). The summed E-state index contributed by atoms with van der Waals surface area (Å²) in [6.07, 6.45) is 5.86. The summed E-state index contributed by atoms with van der Waals surface area (Å²) in [5, 5.41) is 6.83. The molecular weight excluding hydrogens is 291 g/mol. The van der Waals surface area contributed by atoms with Gasteiger partial charge >= 0.3 is 0 Å². The van der Waals surface area contributed by atoms with E-state index in [0.717, 1.165) is 36.0 Å². The van der Waals surface area contributed by atoms with E-state index >= 15 is 0 Å². The van der Waals surface area contributed by atoms with Crippen molar-refractivity contribution < 1.29 is 4.39 Å². The molecule has 0 saturated heterocycles. The third-order valence-electron chi connectivity index (χ3n) is 4.18. The van der Waals surface area contributed by atoms with Crippen molar-refractivity contribution in [1.82, 2.24) is 9.97 Å². The molecule has 0 atom stereocenters. The molecule has 0 radical (unpaired) electrons. The zero-order valence-corrected chi connectivity index (χ0v) is 13.5. The summed E-state index contributed by atoms with van der Waals surface area (Å²) < 4.78 is 12.9. The van der Waals surface area contributed by atoms with E-state index in [2.05, 4.69) is 20.6 Å². The molecule has 2 aromatic rings. The van der Waals surface area contributed by atoms with E-state index < -0.39 is 0 Å². The fourth-order valence-corrected chi connectivity index (χ4v) is 3.00. The van der Waals surface area contributed by atoms with Gasteiger partial charge in [-0.1, -0.05) is 25.0 Å². The first-order valence-corrected chi connectivity index (χ1v) is 8.29. The van der Waals surface area contributed by atoms with Crippen molar-refractivity contribution in [2.75, 3.05) is 17.2 Å². The third kappa shape index (κ3) is 4.65. The highest BCUT2D eigenvalue weighted by molar-refractivity contribution is 5.48. The second-order valence-electron chi connectivity index (χ2n) is 6.11. The number of benzene rings is 1. The lowest BCUT2D eigenvalue weighted by molar-refractivity contribution is 0.627. The minimum absolute atomic E-state index is 0.198. The van der Waals surface area contributed by atoms with Gasteiger partial charge in [0.2, 0.25) is 0 Å². The molecule has 1 saturated carbocycles. The van der Waals surface area contributed by atoms with Crippen LogP contribution in [0.4, 0.5) is 16.0 Å². The molecule has 1 fully saturated rings. The molecule has 0 bridgehead atoms. The number of hydrogen-bond donors (Lipinski definition) is 2. The van der Waals surface area contributed by atoms with Crippen LogP contribution in [0.2, 0.25) is 0 Å². The van der Waals surface area contributed by atoms with Crippen molar-refractivity contribution in [1.29, 1.82) is 0 Å². The normalized spacial score (nSPS) is 14.9. The van der Waals surface area contributed by atoms with E-state index in [4.69, 9.17) is 0 Å². The molecule has 3 rings (SSSR count). The summed E-state index contributed by atoms with van der Waals surface area (Å²) in [7, 11) is 0. The average molecular weight is 314 g/mol. The zero-order valence-electron chi connectivity index (χ0n) is 13.5. The Labute approximate surface area is 136 Å². The Hall–Kier alpha value is -2.17. The van der Waals surface area contributed by atoms with Crippen LogP contribution < -0.4 is 10.6 Å². The Morgan fingerprint density at radius 3 is 2.52 bits per heavy atom. The van der Waals surface area contributed by atoms with Gasteiger partial charge in [-0.2, -0.15) is 0 Å². The fourth-order valence-electron chi connectivity index (χ4n) is 3.00. The van der Waals surface area contributed by atoms with Gasteiger partial charge in [-0.25, -0.2) is 14.4 Å². The van der Waals surface area contributed by atoms with Gasteiger partial charge in [0.15, 0.2) is 0 Å². The SMILES string of the molecule is Cc1nc(NCCc2ccc(F)cc2)cc(NC2CCCC2)n1. The van der Waals surface area contributed by atoms with Crippen molar-refractivity contribution in [3.05, 3.63) is 47.5 Å². The Bertz CT molecular complexity index is 636. The summed E-state index contributed by atoms with van der Waals surface area (Å²) in [5.74, 6) is 2.29. The average Bonchev–Trinajstić information content (AvgIpc) is 3.02. The van der Waals surface area contributed by atoms with Gasteiger partial charge in [0.1, 0.15) is 23.3 Å². The predicted molar refractivity (Wildman–Crippen MR) is 91.2 cm³/mol. The number of aryl methyl sites for hydroxylation is 1. The van der Waals surface area contributed by atoms with Crippen LogP contribution in [0, 0.1) is 12.7 Å². The van der Waals surface area contributed by atoms with Crippen LogP contribution in [0.15, 0.2) is 30.3 Å². The van der Waals surface area contributed by atoms with E-state index in [1.54, 1.807) is 0 Å². The number of halogens is 1. The van der Waals surface area contributed by atoms with Crippen molar-refractivity contribution in [2.45, 2.75) is 45.1 Å². The zero-order chi connectivity index (χ0) is 16.1. The predicted octanol–water partition coefficient (Wildman–Crippen LogP) is 3.93. The van der Waals surface area contributed by atoms with Crippen LogP contribution in [0.5, 0.6) is 0 Å². The van der Waals surface area contributed by atoms with Gasteiger partial charge in [0.25, 0.3) is 0 Å². The number of nitrogens with zero attached hydrogens (tertiary/aromatic N) is 2. The summed E-state index contributed by atoms with van der Waals surface area (Å²) in [4.78, 5) is 8.90. The maximum atomic E-state index is 12.9. The maximum absolute atomic E-state index is 12.9. The molecule has 122 valence electrons. The van der Waals surface area contributed by atoms with Crippen LogP contribution in [-0.2, 0) is 6.42 Å². The molecule has 4 nitrogen and oxygen atoms in total. The lowest BCUT2D eigenvalue weighted by Gasteiger charge is -2.14. The topological polar surface area (TPSA) is 49.8 Å². The highest BCUT2D eigenvalue weighted by Gasteiger charge is 2.15. The smallest absolute Gasteiger partial charge is 0.132 e. The van der Waals surface area contributed by atoms with Gasteiger partial charge in [-0.05, 0) is 43.9 Å². The minimum Gasteiger partial charge on any atom is -0.370 e. The first kappa shape index (κ1) is 15.7. The Morgan fingerprint density at radius 1 is 1.09 bits per heavy atom. The molecule has 0 spiro atoms. The molecule has 1 aliphatic rings. The number of rotatable bonds is 6. The van der Waals surface area contributed by atoms with Crippen LogP contribution >= 0.6 is 0 Å². The Balaban J connectivity index is 1.56. The fraction of sp³-hybridized carbons (Fsp3) is 0.444. The van der Waals surface area contributed by atoms with Gasteiger partial charge < -0.3 is 10.6 Å². The van der Waals surface area contributed by atoms with Crippen molar-refractivity contribution >= 4 is 11.6 Å². The monoisotopic (exact) mass is 314 g/mol. The van der Waals surface area contributed by atoms with E-state index in [0.29, 0.717) is 6.04 Å². The molecule has 0 unspecified atom stereocenters. The summed E-state index contributed by atoms with van der Waals surface area (Å²) >= 11 is 0. The minimum atomic E-state index is -0.198. The maximum Gasteiger partial charge on any atom is 0.132 e. The Kier molecular flexibility index (Phi) is 5.05. The molecule has 1 aromatic carbocycles. The van der Waals surface area contributed by atoms with Gasteiger partial charge in [0, 0.05) is 18.7 Å². The van der Waals surface area contributed by atoms with Crippen LogP contribution in [-0.4, -0.2) is 22.6 Å². The first-order chi connectivity index (χ1) is 11.2. The lowest BCUT2D eigenvalue weighted by atomic mass is 10.1. The third-order valence-corrected chi connectivity index (χ3v) is 4.18. The second kappa shape index (κ2) is 7.40. The van der Waals surface area contributed by atoms with Crippen molar-refractivity contribution in [3.63, 3.8) is 0 Å². The Morgan fingerprint density at radius 2 is 1.78 bits per heavy atom. The number of nitrogens with one attached hydrogen (secondary N) is 2. The van der Waals surface area contributed by atoms with Crippen LogP contribution in [0.25, 0.3) is 0 Å². The van der Waals surface area contributed by atoms with E-state index in [-0.39, 0.29) is 5.82 Å². The van der Waals surface area contributed by atoms with Crippen LogP contribution in [0.3, 0.4) is 0 Å². The lowest BCUT2D eigenvalue weighted by Crippen LogP contribution is -2.16. The van der Waals surface area contributed by atoms with Crippen molar-refractivity contribution in [2.24, 2.45) is 0 Å². The molecule has 5 heteroatoms. The summed E-state index contributed by atoms with van der Waals surface area (Å²) in [6.45, 7) is 2.66. The highest BCUT2D eigenvalue weighted by Crippen LogP contribution is 2.22. The molecule has 2 N–H and O–H groups in total. The summed E-state index contributed by atoms with van der Waals surface area (Å²) in [6, 6.07) is 9.12. The van der Waals surface area contributed by atoms with Gasteiger partial charge in [0.05, 0.1) is 0 Å². The summed E-state index contributed by atoms with van der Waals surface area (Å²) in [5.41, 5.74) is 1.11. The van der Waals surface area contributed by atoms with E-state index in [9.17, 15) is 4.39 Å². The van der Waals surface area contributed by atoms with Gasteiger partial charge in [-0.3, -0.25) is 0 Å². The van der Waals surface area contributed by atoms with Crippen LogP contribution in [0.1, 0.15) is 37.1 Å². The quantitative estimate of drug-likeness (QED) is 0.848. The molecule has 0 amide bonds. The molecule has 0 aliphatic heterocycles.